The minimum atomic E-state index is -0.225. The third kappa shape index (κ3) is 3.46. The van der Waals surface area contributed by atoms with Crippen LogP contribution >= 0.6 is 12.2 Å². The zero-order valence-electron chi connectivity index (χ0n) is 11.4. The van der Waals surface area contributed by atoms with Gasteiger partial charge in [-0.3, -0.25) is 0 Å². The van der Waals surface area contributed by atoms with Crippen LogP contribution in [0.4, 0.5) is 10.2 Å². The molecule has 1 saturated heterocycles. The largest absolute Gasteiger partial charge is 0.370 e. The summed E-state index contributed by atoms with van der Waals surface area (Å²) in [6.45, 7) is 1.13. The average Bonchev–Trinajstić information content (AvgIpc) is 3.00. The molecule has 2 aromatic rings. The molecule has 6 heteroatoms. The summed E-state index contributed by atoms with van der Waals surface area (Å²) in [5, 5.41) is 3.15. The highest BCUT2D eigenvalue weighted by molar-refractivity contribution is 7.71. The molecule has 1 aromatic heterocycles. The van der Waals surface area contributed by atoms with Gasteiger partial charge in [-0.1, -0.05) is 30.4 Å². The van der Waals surface area contributed by atoms with E-state index in [-0.39, 0.29) is 11.9 Å². The van der Waals surface area contributed by atoms with E-state index in [1.54, 1.807) is 18.2 Å². The molecule has 1 unspecified atom stereocenters. The second-order valence-corrected chi connectivity index (χ2v) is 5.38. The van der Waals surface area contributed by atoms with Crippen LogP contribution in [0.3, 0.4) is 0 Å². The van der Waals surface area contributed by atoms with Gasteiger partial charge in [0, 0.05) is 24.8 Å². The van der Waals surface area contributed by atoms with Gasteiger partial charge in [0.05, 0.1) is 0 Å². The molecule has 0 spiro atoms. The summed E-state index contributed by atoms with van der Waals surface area (Å²) in [7, 11) is 0. The number of H-pyrrole nitrogens is 1. The summed E-state index contributed by atoms with van der Waals surface area (Å²) >= 11 is 5.18. The normalized spacial score (nSPS) is 17.9. The fourth-order valence-corrected chi connectivity index (χ4v) is 2.57. The van der Waals surface area contributed by atoms with Crippen molar-refractivity contribution in [2.24, 2.45) is 0 Å². The quantitative estimate of drug-likeness (QED) is 0.845. The Kier molecular flexibility index (Phi) is 4.26. The molecule has 1 aliphatic heterocycles. The number of benzene rings is 1. The number of hydrogen-bond acceptors (Lipinski definition) is 4. The first-order valence-electron chi connectivity index (χ1n) is 6.92. The second-order valence-electron chi connectivity index (χ2n) is 4.96. The van der Waals surface area contributed by atoms with Gasteiger partial charge in [0.25, 0.3) is 0 Å². The van der Waals surface area contributed by atoms with E-state index in [1.807, 2.05) is 6.07 Å². The molecule has 1 aliphatic rings. The zero-order chi connectivity index (χ0) is 14.7. The monoisotopic (exact) mass is 305 g/mol. The van der Waals surface area contributed by atoms with Crippen molar-refractivity contribution in [2.45, 2.75) is 25.5 Å². The van der Waals surface area contributed by atoms with Gasteiger partial charge in [-0.2, -0.15) is 0 Å². The van der Waals surface area contributed by atoms with E-state index < -0.39 is 0 Å². The van der Waals surface area contributed by atoms with Crippen molar-refractivity contribution in [3.8, 4) is 0 Å². The van der Waals surface area contributed by atoms with Crippen molar-refractivity contribution < 1.29 is 9.13 Å². The standard InChI is InChI=1S/C15H16FN3OS/c16-11-5-2-1-4-10(11)9-17-13-8-14(21)19-15(18-13)12-6-3-7-20-12/h1-2,4-5,8,12H,3,6-7,9H2,(H2,17,18,19,21). The van der Waals surface area contributed by atoms with E-state index in [4.69, 9.17) is 17.0 Å². The van der Waals surface area contributed by atoms with Crippen LogP contribution in [-0.2, 0) is 11.3 Å². The summed E-state index contributed by atoms with van der Waals surface area (Å²) in [6, 6.07) is 8.41. The Balaban J connectivity index is 1.76. The van der Waals surface area contributed by atoms with Gasteiger partial charge in [0.15, 0.2) is 0 Å². The van der Waals surface area contributed by atoms with Gasteiger partial charge < -0.3 is 15.0 Å². The summed E-state index contributed by atoms with van der Waals surface area (Å²) < 4.78 is 19.7. The molecule has 0 radical (unpaired) electrons. The van der Waals surface area contributed by atoms with Crippen molar-refractivity contribution in [3.05, 3.63) is 52.2 Å². The number of nitrogens with zero attached hydrogens (tertiary/aromatic N) is 1. The number of aromatic nitrogens is 2. The lowest BCUT2D eigenvalue weighted by Crippen LogP contribution is -2.08. The first-order chi connectivity index (χ1) is 10.2. The average molecular weight is 305 g/mol. The summed E-state index contributed by atoms with van der Waals surface area (Å²) in [5.74, 6) is 1.23. The summed E-state index contributed by atoms with van der Waals surface area (Å²) in [6.07, 6.45) is 1.94. The maximum atomic E-state index is 13.6. The Hall–Kier alpha value is -1.79. The van der Waals surface area contributed by atoms with Crippen LogP contribution in [0.2, 0.25) is 0 Å². The summed E-state index contributed by atoms with van der Waals surface area (Å²) in [5.41, 5.74) is 0.604. The first kappa shape index (κ1) is 14.2. The number of anilines is 1. The van der Waals surface area contributed by atoms with Gasteiger partial charge in [0.1, 0.15) is 28.2 Å². The van der Waals surface area contributed by atoms with E-state index in [2.05, 4.69) is 15.3 Å². The van der Waals surface area contributed by atoms with Crippen molar-refractivity contribution in [3.63, 3.8) is 0 Å². The maximum absolute atomic E-state index is 13.6. The molecule has 1 aromatic carbocycles. The molecular formula is C15H16FN3OS. The molecule has 0 amide bonds. The number of halogens is 1. The topological polar surface area (TPSA) is 49.9 Å². The smallest absolute Gasteiger partial charge is 0.138 e. The summed E-state index contributed by atoms with van der Waals surface area (Å²) in [4.78, 5) is 7.49. The van der Waals surface area contributed by atoms with Crippen LogP contribution in [0.15, 0.2) is 30.3 Å². The molecule has 2 N–H and O–H groups in total. The van der Waals surface area contributed by atoms with Gasteiger partial charge in [-0.05, 0) is 18.9 Å². The van der Waals surface area contributed by atoms with Crippen LogP contribution in [0.25, 0.3) is 0 Å². The zero-order valence-corrected chi connectivity index (χ0v) is 12.3. The number of hydrogen-bond donors (Lipinski definition) is 2. The van der Waals surface area contributed by atoms with Crippen LogP contribution in [0.5, 0.6) is 0 Å². The molecule has 1 atom stereocenters. The molecule has 2 heterocycles. The Morgan fingerprint density at radius 2 is 2.29 bits per heavy atom. The highest BCUT2D eigenvalue weighted by atomic mass is 32.1. The van der Waals surface area contributed by atoms with Gasteiger partial charge in [-0.25, -0.2) is 9.37 Å². The molecule has 0 aliphatic carbocycles. The third-order valence-electron chi connectivity index (χ3n) is 3.42. The predicted molar refractivity (Wildman–Crippen MR) is 81.1 cm³/mol. The van der Waals surface area contributed by atoms with Crippen molar-refractivity contribution in [2.75, 3.05) is 11.9 Å². The lowest BCUT2D eigenvalue weighted by Gasteiger charge is -2.12. The van der Waals surface area contributed by atoms with Gasteiger partial charge in [-0.15, -0.1) is 0 Å². The Morgan fingerprint density at radius 3 is 3.05 bits per heavy atom. The fraction of sp³-hybridized carbons (Fsp3) is 0.333. The Bertz CT molecular complexity index is 683. The lowest BCUT2D eigenvalue weighted by molar-refractivity contribution is 0.105. The van der Waals surface area contributed by atoms with Crippen LogP contribution in [-0.4, -0.2) is 16.6 Å². The SMILES string of the molecule is Fc1ccccc1CNc1cc(=S)nc(C2CCCO2)[nH]1. The van der Waals surface area contributed by atoms with E-state index in [0.717, 1.165) is 31.1 Å². The minimum Gasteiger partial charge on any atom is -0.370 e. The molecule has 0 bridgehead atoms. The molecule has 1 fully saturated rings. The van der Waals surface area contributed by atoms with Gasteiger partial charge >= 0.3 is 0 Å². The van der Waals surface area contributed by atoms with E-state index in [1.165, 1.54) is 6.07 Å². The van der Waals surface area contributed by atoms with E-state index in [9.17, 15) is 4.39 Å². The van der Waals surface area contributed by atoms with Gasteiger partial charge in [0.2, 0.25) is 0 Å². The highest BCUT2D eigenvalue weighted by Crippen LogP contribution is 2.26. The number of ether oxygens (including phenoxy) is 1. The van der Waals surface area contributed by atoms with E-state index in [0.29, 0.717) is 16.7 Å². The molecule has 0 saturated carbocycles. The van der Waals surface area contributed by atoms with Crippen LogP contribution < -0.4 is 5.32 Å². The molecule has 4 nitrogen and oxygen atoms in total. The van der Waals surface area contributed by atoms with Crippen LogP contribution in [0, 0.1) is 10.5 Å². The van der Waals surface area contributed by atoms with Crippen LogP contribution in [0.1, 0.15) is 30.3 Å². The third-order valence-corrected chi connectivity index (χ3v) is 3.63. The number of aromatic amines is 1. The van der Waals surface area contributed by atoms with Crippen molar-refractivity contribution in [1.29, 1.82) is 0 Å². The first-order valence-corrected chi connectivity index (χ1v) is 7.33. The number of rotatable bonds is 4. The van der Waals surface area contributed by atoms with Crippen molar-refractivity contribution >= 4 is 18.0 Å². The van der Waals surface area contributed by atoms with E-state index >= 15 is 0 Å². The molecule has 110 valence electrons. The Labute approximate surface area is 127 Å². The molecule has 21 heavy (non-hydrogen) atoms. The fourth-order valence-electron chi connectivity index (χ4n) is 2.35. The second kappa shape index (κ2) is 6.32. The molecule has 3 rings (SSSR count). The maximum Gasteiger partial charge on any atom is 0.138 e. The number of nitrogens with one attached hydrogen (secondary N) is 2. The highest BCUT2D eigenvalue weighted by Gasteiger charge is 2.20. The molecular weight excluding hydrogens is 289 g/mol. The lowest BCUT2D eigenvalue weighted by atomic mass is 10.2. The predicted octanol–water partition coefficient (Wildman–Crippen LogP) is 3.74. The van der Waals surface area contributed by atoms with Crippen molar-refractivity contribution in [1.82, 2.24) is 9.97 Å². The Morgan fingerprint density at radius 1 is 1.43 bits per heavy atom. The minimum absolute atomic E-state index is 0.0260.